The first kappa shape index (κ1) is 14.0. The van der Waals surface area contributed by atoms with E-state index in [2.05, 4.69) is 4.90 Å². The molecule has 0 aliphatic carbocycles. The van der Waals surface area contributed by atoms with E-state index < -0.39 is 0 Å². The van der Waals surface area contributed by atoms with Crippen molar-refractivity contribution in [3.63, 3.8) is 0 Å². The maximum atomic E-state index is 13.3. The molecule has 2 atom stereocenters. The summed E-state index contributed by atoms with van der Waals surface area (Å²) in [5, 5.41) is 0. The average molecular weight is 279 g/mol. The zero-order valence-electron chi connectivity index (χ0n) is 11.9. The third-order valence-electron chi connectivity index (χ3n) is 4.55. The highest BCUT2D eigenvalue weighted by atomic mass is 19.1. The maximum Gasteiger partial charge on any atom is 0.123 e. The Morgan fingerprint density at radius 1 is 1.40 bits per heavy atom. The first-order valence-corrected chi connectivity index (χ1v) is 7.35. The molecule has 0 radical (unpaired) electrons. The van der Waals surface area contributed by atoms with Gasteiger partial charge in [-0.25, -0.2) is 4.39 Å². The topological polar surface area (TPSA) is 21.7 Å². The van der Waals surface area contributed by atoms with E-state index in [1.54, 1.807) is 19.2 Å². The van der Waals surface area contributed by atoms with E-state index in [4.69, 9.17) is 9.47 Å². The smallest absolute Gasteiger partial charge is 0.123 e. The number of halogens is 1. The van der Waals surface area contributed by atoms with Gasteiger partial charge in [0.15, 0.2) is 0 Å². The highest BCUT2D eigenvalue weighted by Gasteiger charge is 2.35. The van der Waals surface area contributed by atoms with E-state index >= 15 is 0 Å². The van der Waals surface area contributed by atoms with Crippen molar-refractivity contribution in [1.82, 2.24) is 4.90 Å². The van der Waals surface area contributed by atoms with E-state index in [0.717, 1.165) is 44.7 Å². The second kappa shape index (κ2) is 6.20. The van der Waals surface area contributed by atoms with E-state index in [9.17, 15) is 4.39 Å². The number of nitrogens with zero attached hydrogens (tertiary/aromatic N) is 1. The van der Waals surface area contributed by atoms with Crippen molar-refractivity contribution in [1.29, 1.82) is 0 Å². The monoisotopic (exact) mass is 279 g/mol. The van der Waals surface area contributed by atoms with Gasteiger partial charge in [0.2, 0.25) is 0 Å². The van der Waals surface area contributed by atoms with E-state index in [0.29, 0.717) is 12.0 Å². The molecule has 20 heavy (non-hydrogen) atoms. The van der Waals surface area contributed by atoms with Crippen LogP contribution in [-0.2, 0) is 15.9 Å². The predicted octanol–water partition coefficient (Wildman–Crippen LogP) is 2.10. The van der Waals surface area contributed by atoms with E-state index in [1.165, 1.54) is 6.07 Å². The lowest BCUT2D eigenvalue weighted by Crippen LogP contribution is -2.56. The molecule has 1 aromatic rings. The van der Waals surface area contributed by atoms with Crippen molar-refractivity contribution >= 4 is 0 Å². The molecule has 1 aromatic carbocycles. The molecule has 110 valence electrons. The molecule has 2 fully saturated rings. The molecule has 0 saturated carbocycles. The summed E-state index contributed by atoms with van der Waals surface area (Å²) in [5.74, 6) is 0.319. The molecule has 0 N–H and O–H groups in total. The molecule has 0 amide bonds. The van der Waals surface area contributed by atoms with Crippen LogP contribution in [0.3, 0.4) is 0 Å². The van der Waals surface area contributed by atoms with Crippen molar-refractivity contribution in [2.75, 3.05) is 33.4 Å². The Kier molecular flexibility index (Phi) is 4.34. The van der Waals surface area contributed by atoms with E-state index in [1.807, 2.05) is 6.07 Å². The Balaban J connectivity index is 1.61. The lowest BCUT2D eigenvalue weighted by molar-refractivity contribution is -0.102. The molecule has 2 aliphatic heterocycles. The molecular weight excluding hydrogens is 257 g/mol. The standard InChI is InChI=1S/C16H22FNO2/c1-19-16-9-18(15-10-20-11-15)6-5-13(16)7-12-3-2-4-14(17)8-12/h2-4,8,13,15-16H,5-7,9-11H2,1H3/t13-,16+/m1/s1. The molecule has 0 spiro atoms. The van der Waals surface area contributed by atoms with Crippen LogP contribution in [0.4, 0.5) is 4.39 Å². The summed E-state index contributed by atoms with van der Waals surface area (Å²) < 4.78 is 24.2. The van der Waals surface area contributed by atoms with Gasteiger partial charge in [-0.2, -0.15) is 0 Å². The van der Waals surface area contributed by atoms with Crippen molar-refractivity contribution in [2.24, 2.45) is 5.92 Å². The number of hydrogen-bond acceptors (Lipinski definition) is 3. The molecule has 0 aromatic heterocycles. The summed E-state index contributed by atoms with van der Waals surface area (Å²) >= 11 is 0. The molecule has 2 saturated heterocycles. The molecule has 2 aliphatic rings. The van der Waals surface area contributed by atoms with Crippen molar-refractivity contribution in [3.8, 4) is 0 Å². The van der Waals surface area contributed by atoms with Crippen LogP contribution >= 0.6 is 0 Å². The molecule has 0 unspecified atom stereocenters. The third-order valence-corrected chi connectivity index (χ3v) is 4.55. The first-order valence-electron chi connectivity index (χ1n) is 7.35. The quantitative estimate of drug-likeness (QED) is 0.842. The zero-order valence-corrected chi connectivity index (χ0v) is 11.9. The van der Waals surface area contributed by atoms with Crippen LogP contribution in [0.1, 0.15) is 12.0 Å². The average Bonchev–Trinajstić information content (AvgIpc) is 2.38. The van der Waals surface area contributed by atoms with Gasteiger partial charge >= 0.3 is 0 Å². The molecule has 4 heteroatoms. The van der Waals surface area contributed by atoms with Crippen LogP contribution in [0.25, 0.3) is 0 Å². The van der Waals surface area contributed by atoms with Crippen LogP contribution < -0.4 is 0 Å². The Morgan fingerprint density at radius 3 is 2.90 bits per heavy atom. The van der Waals surface area contributed by atoms with Gasteiger partial charge in [0.05, 0.1) is 25.4 Å². The SMILES string of the molecule is CO[C@H]1CN(C2COC2)CC[C@@H]1Cc1cccc(F)c1. The Labute approximate surface area is 119 Å². The molecule has 3 nitrogen and oxygen atoms in total. The minimum absolute atomic E-state index is 0.152. The van der Waals surface area contributed by atoms with Gasteiger partial charge in [0.25, 0.3) is 0 Å². The number of rotatable bonds is 4. The third kappa shape index (κ3) is 3.03. The molecular formula is C16H22FNO2. The number of likely N-dealkylation sites (tertiary alicyclic amines) is 1. The van der Waals surface area contributed by atoms with Gasteiger partial charge in [-0.3, -0.25) is 4.90 Å². The van der Waals surface area contributed by atoms with Crippen LogP contribution in [0.15, 0.2) is 24.3 Å². The Morgan fingerprint density at radius 2 is 2.25 bits per heavy atom. The van der Waals surface area contributed by atoms with Crippen molar-refractivity contribution < 1.29 is 13.9 Å². The van der Waals surface area contributed by atoms with Gasteiger partial charge < -0.3 is 9.47 Å². The minimum Gasteiger partial charge on any atom is -0.380 e. The van der Waals surface area contributed by atoms with Gasteiger partial charge in [0, 0.05) is 13.7 Å². The van der Waals surface area contributed by atoms with Crippen molar-refractivity contribution in [2.45, 2.75) is 25.0 Å². The summed E-state index contributed by atoms with van der Waals surface area (Å²) in [6, 6.07) is 7.49. The summed E-state index contributed by atoms with van der Waals surface area (Å²) in [5.41, 5.74) is 1.07. The van der Waals surface area contributed by atoms with Gasteiger partial charge in [-0.15, -0.1) is 0 Å². The summed E-state index contributed by atoms with van der Waals surface area (Å²) in [4.78, 5) is 2.47. The van der Waals surface area contributed by atoms with Crippen LogP contribution in [-0.4, -0.2) is 50.5 Å². The highest BCUT2D eigenvalue weighted by molar-refractivity contribution is 5.17. The lowest BCUT2D eigenvalue weighted by Gasteiger charge is -2.44. The highest BCUT2D eigenvalue weighted by Crippen LogP contribution is 2.27. The first-order chi connectivity index (χ1) is 9.76. The number of hydrogen-bond donors (Lipinski definition) is 0. The largest absolute Gasteiger partial charge is 0.380 e. The number of ether oxygens (including phenoxy) is 2. The molecule has 2 heterocycles. The maximum absolute atomic E-state index is 13.3. The second-order valence-electron chi connectivity index (χ2n) is 5.84. The second-order valence-corrected chi connectivity index (χ2v) is 5.84. The van der Waals surface area contributed by atoms with Gasteiger partial charge in [-0.05, 0) is 43.0 Å². The van der Waals surface area contributed by atoms with E-state index in [-0.39, 0.29) is 11.9 Å². The number of piperidine rings is 1. The summed E-state index contributed by atoms with van der Waals surface area (Å²) in [6.45, 7) is 3.76. The lowest BCUT2D eigenvalue weighted by atomic mass is 9.87. The zero-order chi connectivity index (χ0) is 13.9. The van der Waals surface area contributed by atoms with Crippen molar-refractivity contribution in [3.05, 3.63) is 35.6 Å². The normalized spacial score (nSPS) is 28.3. The number of benzene rings is 1. The molecule has 0 bridgehead atoms. The minimum atomic E-state index is -0.152. The van der Waals surface area contributed by atoms with Gasteiger partial charge in [0.1, 0.15) is 5.82 Å². The Bertz CT molecular complexity index is 450. The fraction of sp³-hybridized carbons (Fsp3) is 0.625. The fourth-order valence-corrected chi connectivity index (χ4v) is 3.22. The van der Waals surface area contributed by atoms with Crippen LogP contribution in [0.5, 0.6) is 0 Å². The fourth-order valence-electron chi connectivity index (χ4n) is 3.22. The molecule has 3 rings (SSSR count). The van der Waals surface area contributed by atoms with Crippen LogP contribution in [0, 0.1) is 11.7 Å². The number of methoxy groups -OCH3 is 1. The van der Waals surface area contributed by atoms with Crippen LogP contribution in [0.2, 0.25) is 0 Å². The predicted molar refractivity (Wildman–Crippen MR) is 75.2 cm³/mol. The summed E-state index contributed by atoms with van der Waals surface area (Å²) in [6.07, 6.45) is 2.23. The summed E-state index contributed by atoms with van der Waals surface area (Å²) in [7, 11) is 1.78. The van der Waals surface area contributed by atoms with Gasteiger partial charge in [-0.1, -0.05) is 12.1 Å². The Hall–Kier alpha value is -0.970.